The van der Waals surface area contributed by atoms with Gasteiger partial charge in [0, 0.05) is 12.2 Å². The van der Waals surface area contributed by atoms with Gasteiger partial charge in [0.2, 0.25) is 0 Å². The van der Waals surface area contributed by atoms with Gasteiger partial charge in [-0.15, -0.1) is 0 Å². The number of hydrogen-bond donors (Lipinski definition) is 0. The Balaban J connectivity index is 1.76. The third kappa shape index (κ3) is 3.55. The predicted octanol–water partition coefficient (Wildman–Crippen LogP) is 4.44. The topological polar surface area (TPSA) is 51.7 Å². The number of ether oxygens (including phenoxy) is 2. The number of methoxy groups -OCH3 is 1. The van der Waals surface area contributed by atoms with Crippen molar-refractivity contribution in [2.75, 3.05) is 25.2 Å². The molecule has 5 nitrogen and oxygen atoms in total. The van der Waals surface area contributed by atoms with E-state index in [2.05, 4.69) is 0 Å². The zero-order valence-corrected chi connectivity index (χ0v) is 16.3. The molecule has 3 aromatic rings. The summed E-state index contributed by atoms with van der Waals surface area (Å²) in [6, 6.07) is 13.3. The predicted molar refractivity (Wildman–Crippen MR) is 108 cm³/mol. The van der Waals surface area contributed by atoms with Crippen LogP contribution in [-0.4, -0.2) is 37.3 Å². The van der Waals surface area contributed by atoms with E-state index in [0.29, 0.717) is 17.2 Å². The molecule has 0 radical (unpaired) electrons. The molecule has 6 heteroatoms. The Labute approximate surface area is 162 Å². The molecule has 0 spiro atoms. The first-order chi connectivity index (χ1) is 13.2. The fraction of sp³-hybridized carbons (Fsp3) is 0.333. The number of anilines is 1. The van der Waals surface area contributed by atoms with Gasteiger partial charge in [-0.2, -0.15) is 0 Å². The van der Waals surface area contributed by atoms with E-state index in [1.165, 1.54) is 11.3 Å². The first-order valence-corrected chi connectivity index (χ1v) is 9.91. The van der Waals surface area contributed by atoms with E-state index in [0.717, 1.165) is 41.0 Å². The monoisotopic (exact) mass is 382 g/mol. The van der Waals surface area contributed by atoms with E-state index >= 15 is 0 Å². The molecule has 4 rings (SSSR count). The quantitative estimate of drug-likeness (QED) is 0.655. The molecule has 2 heterocycles. The summed E-state index contributed by atoms with van der Waals surface area (Å²) in [6.07, 6.45) is 2.05. The van der Waals surface area contributed by atoms with Crippen LogP contribution in [0.2, 0.25) is 0 Å². The van der Waals surface area contributed by atoms with E-state index in [9.17, 15) is 4.79 Å². The molecule has 1 atom stereocenters. The first-order valence-electron chi connectivity index (χ1n) is 9.10. The van der Waals surface area contributed by atoms with Gasteiger partial charge in [0.05, 0.1) is 24.5 Å². The summed E-state index contributed by atoms with van der Waals surface area (Å²) in [7, 11) is 1.64. The van der Waals surface area contributed by atoms with Crippen molar-refractivity contribution < 1.29 is 14.3 Å². The number of rotatable bonds is 5. The van der Waals surface area contributed by atoms with Crippen molar-refractivity contribution in [1.82, 2.24) is 4.98 Å². The van der Waals surface area contributed by atoms with Gasteiger partial charge in [-0.05, 0) is 43.5 Å². The number of thiazole rings is 1. The van der Waals surface area contributed by atoms with Crippen molar-refractivity contribution in [3.63, 3.8) is 0 Å². The second-order valence-electron chi connectivity index (χ2n) is 6.68. The van der Waals surface area contributed by atoms with Gasteiger partial charge in [0.1, 0.15) is 11.3 Å². The molecular formula is C21H22N2O3S. The van der Waals surface area contributed by atoms with Crippen molar-refractivity contribution in [3.8, 4) is 5.75 Å². The highest BCUT2D eigenvalue weighted by molar-refractivity contribution is 7.22. The number of benzene rings is 2. The van der Waals surface area contributed by atoms with Gasteiger partial charge in [0.15, 0.2) is 5.13 Å². The zero-order valence-electron chi connectivity index (χ0n) is 15.5. The lowest BCUT2D eigenvalue weighted by Crippen LogP contribution is -2.37. The van der Waals surface area contributed by atoms with Crippen LogP contribution >= 0.6 is 11.3 Å². The Morgan fingerprint density at radius 2 is 2.11 bits per heavy atom. The minimum absolute atomic E-state index is 0.0488. The third-order valence-corrected chi connectivity index (χ3v) is 6.03. The number of aromatic nitrogens is 1. The molecule has 140 valence electrons. The van der Waals surface area contributed by atoms with E-state index < -0.39 is 0 Å². The Hall–Kier alpha value is -2.44. The van der Waals surface area contributed by atoms with Crippen molar-refractivity contribution in [2.24, 2.45) is 0 Å². The van der Waals surface area contributed by atoms with E-state index in [4.69, 9.17) is 14.5 Å². The molecular weight excluding hydrogens is 360 g/mol. The van der Waals surface area contributed by atoms with Gasteiger partial charge in [-0.25, -0.2) is 4.98 Å². The Morgan fingerprint density at radius 3 is 2.81 bits per heavy atom. The summed E-state index contributed by atoms with van der Waals surface area (Å²) >= 11 is 1.53. The summed E-state index contributed by atoms with van der Waals surface area (Å²) in [5.41, 5.74) is 2.58. The molecule has 1 aliphatic rings. The highest BCUT2D eigenvalue weighted by Gasteiger charge is 2.27. The maximum absolute atomic E-state index is 13.3. The maximum Gasteiger partial charge on any atom is 0.260 e. The van der Waals surface area contributed by atoms with E-state index in [1.54, 1.807) is 12.0 Å². The van der Waals surface area contributed by atoms with Crippen LogP contribution < -0.4 is 9.64 Å². The molecule has 0 saturated carbocycles. The first kappa shape index (κ1) is 17.9. The summed E-state index contributed by atoms with van der Waals surface area (Å²) in [6.45, 7) is 3.31. The number of hydrogen-bond acceptors (Lipinski definition) is 5. The minimum atomic E-state index is -0.0539. The van der Waals surface area contributed by atoms with Crippen molar-refractivity contribution in [1.29, 1.82) is 0 Å². The second kappa shape index (κ2) is 7.66. The minimum Gasteiger partial charge on any atom is -0.494 e. The van der Waals surface area contributed by atoms with Crippen molar-refractivity contribution in [2.45, 2.75) is 25.9 Å². The summed E-state index contributed by atoms with van der Waals surface area (Å²) in [4.78, 5) is 19.8. The van der Waals surface area contributed by atoms with Crippen LogP contribution in [0.1, 0.15) is 28.8 Å². The lowest BCUT2D eigenvalue weighted by molar-refractivity contribution is 0.0917. The molecule has 0 aliphatic carbocycles. The zero-order chi connectivity index (χ0) is 18.8. The van der Waals surface area contributed by atoms with Gasteiger partial charge in [0.25, 0.3) is 5.91 Å². The van der Waals surface area contributed by atoms with Gasteiger partial charge >= 0.3 is 0 Å². The SMILES string of the molecule is COc1ccc(C)c2sc(N(CC3CCCO3)C(=O)c3ccccc3)nc12. The molecule has 1 saturated heterocycles. The van der Waals surface area contributed by atoms with Crippen LogP contribution in [0.15, 0.2) is 42.5 Å². The molecule has 1 amide bonds. The standard InChI is InChI=1S/C21H22N2O3S/c1-14-10-11-17(25-2)18-19(14)27-21(22-18)23(13-16-9-6-12-26-16)20(24)15-7-4-3-5-8-15/h3-5,7-8,10-11,16H,6,9,12-13H2,1-2H3. The molecule has 1 aromatic heterocycles. The molecule has 0 bridgehead atoms. The molecule has 27 heavy (non-hydrogen) atoms. The van der Waals surface area contributed by atoms with Crippen LogP contribution in [-0.2, 0) is 4.74 Å². The highest BCUT2D eigenvalue weighted by atomic mass is 32.1. The normalized spacial score (nSPS) is 16.6. The summed E-state index contributed by atoms with van der Waals surface area (Å²) in [5, 5.41) is 0.682. The van der Waals surface area contributed by atoms with Crippen LogP contribution in [0.4, 0.5) is 5.13 Å². The Bertz CT molecular complexity index is 949. The summed E-state index contributed by atoms with van der Waals surface area (Å²) < 4.78 is 12.3. The van der Waals surface area contributed by atoms with Crippen LogP contribution in [0.3, 0.4) is 0 Å². The smallest absolute Gasteiger partial charge is 0.260 e. The number of nitrogens with zero attached hydrogens (tertiary/aromatic N) is 2. The third-order valence-electron chi connectivity index (χ3n) is 4.82. The van der Waals surface area contributed by atoms with Crippen molar-refractivity contribution in [3.05, 3.63) is 53.6 Å². The molecule has 1 aliphatic heterocycles. The number of carbonyl (C=O) groups excluding carboxylic acids is 1. The Kier molecular flexibility index (Phi) is 5.09. The average molecular weight is 382 g/mol. The van der Waals surface area contributed by atoms with Gasteiger partial charge in [-0.3, -0.25) is 9.69 Å². The number of fused-ring (bicyclic) bond motifs is 1. The lowest BCUT2D eigenvalue weighted by atomic mass is 10.2. The Morgan fingerprint density at radius 1 is 1.30 bits per heavy atom. The van der Waals surface area contributed by atoms with Crippen molar-refractivity contribution >= 4 is 32.6 Å². The van der Waals surface area contributed by atoms with E-state index in [-0.39, 0.29) is 12.0 Å². The van der Waals surface area contributed by atoms with Crippen LogP contribution in [0, 0.1) is 6.92 Å². The highest BCUT2D eigenvalue weighted by Crippen LogP contribution is 2.37. The van der Waals surface area contributed by atoms with E-state index in [1.807, 2.05) is 49.4 Å². The average Bonchev–Trinajstić information content (AvgIpc) is 3.37. The number of amides is 1. The number of aryl methyl sites for hydroxylation is 1. The van der Waals surface area contributed by atoms with Crippen LogP contribution in [0.5, 0.6) is 5.75 Å². The fourth-order valence-corrected chi connectivity index (χ4v) is 4.41. The lowest BCUT2D eigenvalue weighted by Gasteiger charge is -2.23. The number of carbonyl (C=O) groups is 1. The molecule has 1 unspecified atom stereocenters. The largest absolute Gasteiger partial charge is 0.494 e. The summed E-state index contributed by atoms with van der Waals surface area (Å²) in [5.74, 6) is 0.670. The molecule has 1 fully saturated rings. The second-order valence-corrected chi connectivity index (χ2v) is 7.65. The molecule has 0 N–H and O–H groups in total. The van der Waals surface area contributed by atoms with Gasteiger partial charge < -0.3 is 9.47 Å². The van der Waals surface area contributed by atoms with Gasteiger partial charge in [-0.1, -0.05) is 35.6 Å². The van der Waals surface area contributed by atoms with Crippen LogP contribution in [0.25, 0.3) is 10.2 Å². The fourth-order valence-electron chi connectivity index (χ4n) is 3.35. The maximum atomic E-state index is 13.3. The molecule has 2 aromatic carbocycles.